The summed E-state index contributed by atoms with van der Waals surface area (Å²) in [6.07, 6.45) is 0. The van der Waals surface area contributed by atoms with Crippen molar-refractivity contribution in [3.8, 4) is 0 Å². The minimum absolute atomic E-state index is 0.0293. The highest BCUT2D eigenvalue weighted by atomic mass is 79.9. The lowest BCUT2D eigenvalue weighted by atomic mass is 10.1. The molecule has 0 aliphatic heterocycles. The van der Waals surface area contributed by atoms with Gasteiger partial charge in [-0.25, -0.2) is 0 Å². The van der Waals surface area contributed by atoms with E-state index in [1.165, 1.54) is 4.88 Å². The molecule has 0 saturated heterocycles. The average molecular weight is 393 g/mol. The number of Topliss-reactive ketones (excluding diaryl/α,β-unsaturated/α-hetero) is 1. The van der Waals surface area contributed by atoms with E-state index in [2.05, 4.69) is 22.0 Å². The van der Waals surface area contributed by atoms with Crippen LogP contribution in [0.25, 0.3) is 0 Å². The summed E-state index contributed by atoms with van der Waals surface area (Å²) in [7, 11) is 1.92. The molecule has 0 saturated carbocycles. The Morgan fingerprint density at radius 3 is 2.65 bits per heavy atom. The number of nitrogens with zero attached hydrogens (tertiary/aromatic N) is 1. The zero-order valence-corrected chi connectivity index (χ0v) is 14.6. The summed E-state index contributed by atoms with van der Waals surface area (Å²) in [4.78, 5) is 15.3. The third-order valence-electron chi connectivity index (χ3n) is 2.70. The fourth-order valence-electron chi connectivity index (χ4n) is 1.76. The molecule has 0 aliphatic rings. The number of hydrogen-bond acceptors (Lipinski definition) is 3. The van der Waals surface area contributed by atoms with Gasteiger partial charge in [-0.05, 0) is 47.2 Å². The first-order valence-electron chi connectivity index (χ1n) is 5.85. The van der Waals surface area contributed by atoms with Crippen LogP contribution in [0.4, 0.5) is 0 Å². The molecule has 2 nitrogen and oxygen atoms in total. The molecule has 0 spiro atoms. The van der Waals surface area contributed by atoms with Crippen molar-refractivity contribution in [3.63, 3.8) is 0 Å². The number of carbonyl (C=O) groups excluding carboxylic acids is 1. The molecule has 106 valence electrons. The molecule has 0 fully saturated rings. The van der Waals surface area contributed by atoms with Crippen LogP contribution < -0.4 is 0 Å². The molecule has 20 heavy (non-hydrogen) atoms. The van der Waals surface area contributed by atoms with E-state index in [0.717, 1.165) is 11.0 Å². The number of halogens is 3. The molecule has 0 amide bonds. The highest BCUT2D eigenvalue weighted by molar-refractivity contribution is 9.10. The van der Waals surface area contributed by atoms with Crippen molar-refractivity contribution in [2.24, 2.45) is 0 Å². The van der Waals surface area contributed by atoms with Crippen LogP contribution >= 0.6 is 50.5 Å². The molecule has 0 unspecified atom stereocenters. The lowest BCUT2D eigenvalue weighted by Crippen LogP contribution is -2.25. The molecule has 2 rings (SSSR count). The average Bonchev–Trinajstić information content (AvgIpc) is 2.77. The predicted molar refractivity (Wildman–Crippen MR) is 89.1 cm³/mol. The quantitative estimate of drug-likeness (QED) is 0.657. The van der Waals surface area contributed by atoms with Gasteiger partial charge in [0, 0.05) is 26.8 Å². The first-order valence-corrected chi connectivity index (χ1v) is 8.28. The van der Waals surface area contributed by atoms with Crippen LogP contribution in [0.15, 0.2) is 34.1 Å². The van der Waals surface area contributed by atoms with Crippen LogP contribution in [0.1, 0.15) is 15.2 Å². The lowest BCUT2D eigenvalue weighted by molar-refractivity contribution is 0.0943. The van der Waals surface area contributed by atoms with E-state index in [-0.39, 0.29) is 5.78 Å². The monoisotopic (exact) mass is 391 g/mol. The van der Waals surface area contributed by atoms with Gasteiger partial charge in [0.05, 0.1) is 16.6 Å². The Bertz CT molecular complexity index is 629. The topological polar surface area (TPSA) is 20.3 Å². The predicted octanol–water partition coefficient (Wildman–Crippen LogP) is 5.13. The molecule has 6 heteroatoms. The number of ketones is 1. The normalized spacial score (nSPS) is 11.1. The zero-order valence-electron chi connectivity index (χ0n) is 10.7. The Morgan fingerprint density at radius 2 is 2.05 bits per heavy atom. The van der Waals surface area contributed by atoms with Crippen LogP contribution in [0.3, 0.4) is 0 Å². The minimum atomic E-state index is 0.0293. The summed E-state index contributed by atoms with van der Waals surface area (Å²) in [5.74, 6) is 0.0293. The molecule has 1 heterocycles. The van der Waals surface area contributed by atoms with Gasteiger partial charge in [0.2, 0.25) is 0 Å². The van der Waals surface area contributed by atoms with Crippen molar-refractivity contribution >= 4 is 56.3 Å². The van der Waals surface area contributed by atoms with E-state index in [9.17, 15) is 4.79 Å². The maximum atomic E-state index is 12.2. The third kappa shape index (κ3) is 4.30. The first-order chi connectivity index (χ1) is 9.45. The molecule has 0 radical (unpaired) electrons. The molecule has 0 atom stereocenters. The van der Waals surface area contributed by atoms with Crippen molar-refractivity contribution in [2.45, 2.75) is 6.54 Å². The molecule has 0 aliphatic carbocycles. The maximum Gasteiger partial charge on any atom is 0.176 e. The third-order valence-corrected chi connectivity index (χ3v) is 5.12. The van der Waals surface area contributed by atoms with Gasteiger partial charge in [-0.3, -0.25) is 9.69 Å². The molecule has 1 aromatic heterocycles. The summed E-state index contributed by atoms with van der Waals surface area (Å²) in [6.45, 7) is 1.08. The Kier molecular flexibility index (Phi) is 5.64. The van der Waals surface area contributed by atoms with Crippen molar-refractivity contribution in [1.82, 2.24) is 4.90 Å². The second-order valence-electron chi connectivity index (χ2n) is 4.46. The number of carbonyl (C=O) groups is 1. The summed E-state index contributed by atoms with van der Waals surface area (Å²) >= 11 is 16.9. The lowest BCUT2D eigenvalue weighted by Gasteiger charge is -2.14. The highest BCUT2D eigenvalue weighted by Gasteiger charge is 2.12. The fraction of sp³-hybridized carbons (Fsp3) is 0.214. The molecular weight excluding hydrogens is 381 g/mol. The smallest absolute Gasteiger partial charge is 0.176 e. The fourth-order valence-corrected chi connectivity index (χ4v) is 3.59. The Morgan fingerprint density at radius 1 is 1.30 bits per heavy atom. The van der Waals surface area contributed by atoms with Crippen molar-refractivity contribution < 1.29 is 4.79 Å². The van der Waals surface area contributed by atoms with E-state index in [0.29, 0.717) is 22.2 Å². The molecule has 2 aromatic rings. The van der Waals surface area contributed by atoms with Gasteiger partial charge in [-0.2, -0.15) is 0 Å². The number of rotatable bonds is 5. The van der Waals surface area contributed by atoms with Crippen LogP contribution in [0.5, 0.6) is 0 Å². The van der Waals surface area contributed by atoms with Crippen LogP contribution in [0.2, 0.25) is 10.0 Å². The van der Waals surface area contributed by atoms with Gasteiger partial charge in [0.25, 0.3) is 0 Å². The van der Waals surface area contributed by atoms with Crippen LogP contribution in [0, 0.1) is 0 Å². The Hall–Kier alpha value is -0.390. The number of likely N-dealkylation sites (N-methyl/N-ethyl adjacent to an activating group) is 1. The van der Waals surface area contributed by atoms with E-state index in [1.807, 2.05) is 17.3 Å². The zero-order chi connectivity index (χ0) is 14.7. The summed E-state index contributed by atoms with van der Waals surface area (Å²) in [6, 6.07) is 7.02. The summed E-state index contributed by atoms with van der Waals surface area (Å²) in [5.41, 5.74) is 0.582. The maximum absolute atomic E-state index is 12.2. The van der Waals surface area contributed by atoms with Gasteiger partial charge in [-0.15, -0.1) is 11.3 Å². The van der Waals surface area contributed by atoms with Gasteiger partial charge in [0.1, 0.15) is 0 Å². The number of hydrogen-bond donors (Lipinski definition) is 0. The molecular formula is C14H12BrCl2NOS. The van der Waals surface area contributed by atoms with Crippen LogP contribution in [-0.4, -0.2) is 24.3 Å². The van der Waals surface area contributed by atoms with Gasteiger partial charge >= 0.3 is 0 Å². The second kappa shape index (κ2) is 7.05. The SMILES string of the molecule is CN(CC(=O)c1ccc(Cl)c(Cl)c1)Cc1cc(Br)cs1. The van der Waals surface area contributed by atoms with Crippen LogP contribution in [-0.2, 0) is 6.54 Å². The van der Waals surface area contributed by atoms with E-state index >= 15 is 0 Å². The molecule has 1 aromatic carbocycles. The first kappa shape index (κ1) is 16.0. The van der Waals surface area contributed by atoms with Gasteiger partial charge in [0.15, 0.2) is 5.78 Å². The van der Waals surface area contributed by atoms with Crippen molar-refractivity contribution in [2.75, 3.05) is 13.6 Å². The van der Waals surface area contributed by atoms with E-state index in [4.69, 9.17) is 23.2 Å². The summed E-state index contributed by atoms with van der Waals surface area (Å²) in [5, 5.41) is 2.90. The highest BCUT2D eigenvalue weighted by Crippen LogP contribution is 2.23. The second-order valence-corrected chi connectivity index (χ2v) is 7.18. The Labute approximate surface area is 140 Å². The molecule has 0 bridgehead atoms. The van der Waals surface area contributed by atoms with Crippen molar-refractivity contribution in [1.29, 1.82) is 0 Å². The standard InChI is InChI=1S/C14H12BrCl2NOS/c1-18(6-11-5-10(15)8-20-11)7-14(19)9-2-3-12(16)13(17)4-9/h2-5,8H,6-7H2,1H3. The van der Waals surface area contributed by atoms with E-state index < -0.39 is 0 Å². The minimum Gasteiger partial charge on any atom is -0.294 e. The van der Waals surface area contributed by atoms with E-state index in [1.54, 1.807) is 29.5 Å². The van der Waals surface area contributed by atoms with Crippen molar-refractivity contribution in [3.05, 3.63) is 54.6 Å². The molecule has 0 N–H and O–H groups in total. The van der Waals surface area contributed by atoms with Gasteiger partial charge < -0.3 is 0 Å². The van der Waals surface area contributed by atoms with Gasteiger partial charge in [-0.1, -0.05) is 23.2 Å². The Balaban J connectivity index is 1.98. The largest absolute Gasteiger partial charge is 0.294 e. The summed E-state index contributed by atoms with van der Waals surface area (Å²) < 4.78 is 1.07. The number of benzene rings is 1. The number of thiophene rings is 1.